The summed E-state index contributed by atoms with van der Waals surface area (Å²) in [6.07, 6.45) is 4.86. The molecule has 2 unspecified atom stereocenters. The first-order chi connectivity index (χ1) is 37.5. The summed E-state index contributed by atoms with van der Waals surface area (Å²) >= 11 is 1.40. The predicted molar refractivity (Wildman–Crippen MR) is 309 cm³/mol. The van der Waals surface area contributed by atoms with Crippen molar-refractivity contribution in [1.82, 2.24) is 14.7 Å². The molecule has 1 aliphatic carbocycles. The van der Waals surface area contributed by atoms with Crippen molar-refractivity contribution in [2.45, 2.75) is 175 Å². The van der Waals surface area contributed by atoms with Crippen LogP contribution in [-0.2, 0) is 54.4 Å². The molecule has 2 aliphatic rings. The van der Waals surface area contributed by atoms with Crippen LogP contribution in [0, 0.1) is 47.3 Å². The van der Waals surface area contributed by atoms with Crippen LogP contribution in [0.25, 0.3) is 0 Å². The third kappa shape index (κ3) is 18.5. The quantitative estimate of drug-likeness (QED) is 0.0487. The van der Waals surface area contributed by atoms with E-state index in [9.17, 15) is 43.5 Å². The second-order valence-corrected chi connectivity index (χ2v) is 24.1. The number of ether oxygens (including phenoxy) is 3. The Bertz CT molecular complexity index is 2310. The Morgan fingerprint density at radius 1 is 0.797 bits per heavy atom. The van der Waals surface area contributed by atoms with Gasteiger partial charge in [0.05, 0.1) is 42.2 Å². The van der Waals surface area contributed by atoms with Gasteiger partial charge in [-0.15, -0.1) is 0 Å². The highest BCUT2D eigenvalue weighted by Gasteiger charge is 2.45. The van der Waals surface area contributed by atoms with Crippen molar-refractivity contribution in [2.24, 2.45) is 47.3 Å². The maximum atomic E-state index is 14.8. The number of unbranched alkanes of at least 4 members (excludes halogenated alkanes) is 2. The average molecular weight is 1120 g/mol. The second kappa shape index (κ2) is 32.5. The van der Waals surface area contributed by atoms with Gasteiger partial charge in [-0.2, -0.15) is 11.8 Å². The van der Waals surface area contributed by atoms with E-state index in [2.05, 4.69) is 5.32 Å². The van der Waals surface area contributed by atoms with E-state index in [1.54, 1.807) is 50.4 Å². The Morgan fingerprint density at radius 3 is 2.05 bits per heavy atom. The molecule has 440 valence electrons. The van der Waals surface area contributed by atoms with Crippen LogP contribution in [0.1, 0.15) is 150 Å². The molecule has 12 atom stereocenters. The number of Topliss-reactive ketones (excluding diaryl/α,β-unsaturated/α-hetero) is 4. The summed E-state index contributed by atoms with van der Waals surface area (Å²) in [7, 11) is 6.41. The van der Waals surface area contributed by atoms with Gasteiger partial charge in [0.15, 0.2) is 11.6 Å². The SMILES string of the molecule is CC[C@H](C)[C@@H]([C@@H](CC(=O)C1CCC[C@H]1[C@H](OC)[C@@H](C)C(=O)C[C@H](C)[C@@H](O)c1ccccc1)OC)N(C)C(=O)[C@@H](CC(=O)[C@H](C(C)C)N(C)C(=O)OCc1ccc(NCC(=O)CCCCCN2C(=O)CC(SC)C2=O)cc1)C(C)C. The van der Waals surface area contributed by atoms with Crippen LogP contribution in [-0.4, -0.2) is 144 Å². The van der Waals surface area contributed by atoms with Crippen LogP contribution < -0.4 is 5.32 Å². The normalized spacial score (nSPS) is 20.0. The minimum atomic E-state index is -0.880. The van der Waals surface area contributed by atoms with Crippen LogP contribution in [0.4, 0.5) is 10.5 Å². The van der Waals surface area contributed by atoms with E-state index in [0.717, 1.165) is 30.5 Å². The molecule has 0 bridgehead atoms. The molecule has 4 amide bonds. The van der Waals surface area contributed by atoms with E-state index >= 15 is 0 Å². The maximum Gasteiger partial charge on any atom is 0.410 e. The van der Waals surface area contributed by atoms with Crippen LogP contribution in [0.5, 0.6) is 0 Å². The number of likely N-dealkylation sites (tertiary alicyclic amines) is 1. The number of nitrogens with one attached hydrogen (secondary N) is 1. The van der Waals surface area contributed by atoms with Gasteiger partial charge in [-0.05, 0) is 84.8 Å². The number of benzene rings is 2. The van der Waals surface area contributed by atoms with Gasteiger partial charge < -0.3 is 34.4 Å². The Hall–Kier alpha value is -4.97. The average Bonchev–Trinajstić information content (AvgIpc) is 4.04. The molecule has 1 aliphatic heterocycles. The Kier molecular flexibility index (Phi) is 27.3. The van der Waals surface area contributed by atoms with E-state index in [4.69, 9.17) is 14.2 Å². The number of likely N-dealkylation sites (N-methyl/N-ethyl adjacent to an activating group) is 2. The number of carbonyl (C=O) groups excluding carboxylic acids is 8. The minimum Gasteiger partial charge on any atom is -0.445 e. The zero-order valence-electron chi connectivity index (χ0n) is 49.6. The van der Waals surface area contributed by atoms with Crippen molar-refractivity contribution in [1.29, 1.82) is 0 Å². The van der Waals surface area contributed by atoms with Crippen molar-refractivity contribution in [3.8, 4) is 0 Å². The number of hydrogen-bond acceptors (Lipinski definition) is 14. The summed E-state index contributed by atoms with van der Waals surface area (Å²) in [4.78, 5) is 112. The first-order valence-corrected chi connectivity index (χ1v) is 30.0. The summed E-state index contributed by atoms with van der Waals surface area (Å²) < 4.78 is 17.9. The summed E-state index contributed by atoms with van der Waals surface area (Å²) in [5.41, 5.74) is 2.18. The number of imide groups is 1. The highest BCUT2D eigenvalue weighted by atomic mass is 32.2. The molecular formula is C62H94N4O12S. The summed E-state index contributed by atoms with van der Waals surface area (Å²) in [5, 5.41) is 13.9. The fourth-order valence-corrected chi connectivity index (χ4v) is 12.5. The first-order valence-electron chi connectivity index (χ1n) is 28.8. The van der Waals surface area contributed by atoms with E-state index in [-0.39, 0.29) is 120 Å². The van der Waals surface area contributed by atoms with Crippen molar-refractivity contribution < 1.29 is 57.7 Å². The standard InChI is InChI=1S/C62H94N4O12S/c1-14-40(6)57(53(76-11)34-51(69)47-25-21-26-48(47)59(77-12)42(8)50(68)32-41(7)58(72)44-22-17-15-18-23-44)64(9)60(73)49(38(2)3)33-52(70)56(39(4)5)65(10)62(75)78-37-43-27-29-45(30-28-43)63-36-46(67)24-19-16-20-31-66-55(71)35-54(79-13)61(66)74/h15,17-18,22-23,27-30,38-42,47-49,53-54,56-59,63,72H,14,16,19-21,24-26,31-37H2,1-13H3/t40-,41-,42-,47?,48+,49-,53+,54?,56-,57-,58+,59+/m0/s1. The van der Waals surface area contributed by atoms with Gasteiger partial charge in [-0.3, -0.25) is 38.5 Å². The molecule has 2 aromatic rings. The first kappa shape index (κ1) is 66.5. The van der Waals surface area contributed by atoms with Crippen molar-refractivity contribution in [2.75, 3.05) is 53.0 Å². The maximum absolute atomic E-state index is 14.8. The number of aliphatic hydroxyl groups excluding tert-OH is 1. The van der Waals surface area contributed by atoms with Crippen LogP contribution in [0.3, 0.4) is 0 Å². The predicted octanol–water partition coefficient (Wildman–Crippen LogP) is 9.79. The summed E-state index contributed by atoms with van der Waals surface area (Å²) in [6.45, 7) is 15.8. The number of ketones is 4. The lowest BCUT2D eigenvalue weighted by atomic mass is 9.77. The van der Waals surface area contributed by atoms with Crippen molar-refractivity contribution in [3.63, 3.8) is 0 Å². The molecule has 4 rings (SSSR count). The molecule has 0 radical (unpaired) electrons. The number of anilines is 1. The third-order valence-electron chi connectivity index (χ3n) is 16.8. The molecule has 16 nitrogen and oxygen atoms in total. The van der Waals surface area contributed by atoms with Gasteiger partial charge in [-0.25, -0.2) is 4.79 Å². The number of methoxy groups -OCH3 is 2. The summed E-state index contributed by atoms with van der Waals surface area (Å²) in [6, 6.07) is 15.1. The number of rotatable bonds is 35. The van der Waals surface area contributed by atoms with Crippen LogP contribution >= 0.6 is 11.8 Å². The molecule has 0 aromatic heterocycles. The van der Waals surface area contributed by atoms with Gasteiger partial charge in [0.1, 0.15) is 18.2 Å². The fourth-order valence-electron chi connectivity index (χ4n) is 11.8. The number of hydrogen-bond donors (Lipinski definition) is 2. The highest BCUT2D eigenvalue weighted by Crippen LogP contribution is 2.41. The molecule has 79 heavy (non-hydrogen) atoms. The Balaban J connectivity index is 1.32. The minimum absolute atomic E-state index is 0.000223. The molecule has 1 saturated carbocycles. The number of nitrogens with zero attached hydrogens (tertiary/aromatic N) is 3. The van der Waals surface area contributed by atoms with Gasteiger partial charge >= 0.3 is 6.09 Å². The number of thioether (sulfide) groups is 1. The lowest BCUT2D eigenvalue weighted by Gasteiger charge is -2.40. The smallest absolute Gasteiger partial charge is 0.410 e. The zero-order chi connectivity index (χ0) is 58.7. The second-order valence-electron chi connectivity index (χ2n) is 23.1. The van der Waals surface area contributed by atoms with E-state index in [1.165, 1.54) is 28.6 Å². The highest BCUT2D eigenvalue weighted by molar-refractivity contribution is 8.00. The van der Waals surface area contributed by atoms with E-state index < -0.39 is 48.3 Å². The third-order valence-corrected chi connectivity index (χ3v) is 17.8. The lowest BCUT2D eigenvalue weighted by Crippen LogP contribution is -2.53. The molecule has 0 spiro atoms. The zero-order valence-corrected chi connectivity index (χ0v) is 50.4. The molecule has 2 aromatic carbocycles. The van der Waals surface area contributed by atoms with Gasteiger partial charge in [-0.1, -0.05) is 117 Å². The van der Waals surface area contributed by atoms with Gasteiger partial charge in [0.25, 0.3) is 0 Å². The topological polar surface area (TPSA) is 206 Å². The Labute approximate surface area is 475 Å². The molecule has 17 heteroatoms. The molecule has 2 N–H and O–H groups in total. The van der Waals surface area contributed by atoms with Gasteiger partial charge in [0.2, 0.25) is 17.7 Å². The lowest BCUT2D eigenvalue weighted by molar-refractivity contribution is -0.147. The molecular weight excluding hydrogens is 1020 g/mol. The van der Waals surface area contributed by atoms with Crippen molar-refractivity contribution in [3.05, 3.63) is 65.7 Å². The molecule has 2 fully saturated rings. The van der Waals surface area contributed by atoms with E-state index in [1.807, 2.05) is 92.0 Å². The fraction of sp³-hybridized carbons (Fsp3) is 0.677. The number of amides is 4. The monoisotopic (exact) mass is 1120 g/mol. The molecule has 1 heterocycles. The largest absolute Gasteiger partial charge is 0.445 e. The van der Waals surface area contributed by atoms with E-state index in [0.29, 0.717) is 44.2 Å². The number of carbonyl (C=O) groups is 8. The van der Waals surface area contributed by atoms with Crippen LogP contribution in [0.2, 0.25) is 0 Å². The van der Waals surface area contributed by atoms with Gasteiger partial charge in [0, 0.05) is 90.4 Å². The molecule has 1 saturated heterocycles. The van der Waals surface area contributed by atoms with Crippen LogP contribution in [0.15, 0.2) is 54.6 Å². The summed E-state index contributed by atoms with van der Waals surface area (Å²) in [5.74, 6) is -3.49. The Morgan fingerprint density at radius 2 is 1.47 bits per heavy atom. The van der Waals surface area contributed by atoms with Crippen molar-refractivity contribution >= 4 is 64.4 Å². The number of aliphatic hydroxyl groups is 1.